The maximum absolute atomic E-state index is 5.77. The topological polar surface area (TPSA) is 57.1 Å². The molecular formula is C11H10ClN3O2S. The summed E-state index contributed by atoms with van der Waals surface area (Å²) in [6.45, 7) is 0. The lowest BCUT2D eigenvalue weighted by molar-refractivity contribution is 0.373. The van der Waals surface area contributed by atoms with E-state index in [2.05, 4.69) is 15.0 Å². The van der Waals surface area contributed by atoms with E-state index >= 15 is 0 Å². The third kappa shape index (κ3) is 3.24. The first-order valence-electron chi connectivity index (χ1n) is 4.98. The maximum Gasteiger partial charge on any atom is 0.321 e. The standard InChI is InChI=1S/C11H10ClN3O2S/c1-16-7-4-3-5-8(6-7)18-11-14-9(12)13-10(15-11)17-2/h3-6H,1-2H3. The summed E-state index contributed by atoms with van der Waals surface area (Å²) in [5.41, 5.74) is 0. The monoisotopic (exact) mass is 283 g/mol. The summed E-state index contributed by atoms with van der Waals surface area (Å²) in [6, 6.07) is 7.76. The highest BCUT2D eigenvalue weighted by molar-refractivity contribution is 7.99. The second-order valence-electron chi connectivity index (χ2n) is 3.15. The fourth-order valence-electron chi connectivity index (χ4n) is 1.22. The van der Waals surface area contributed by atoms with Crippen molar-refractivity contribution < 1.29 is 9.47 Å². The Balaban J connectivity index is 2.24. The number of halogens is 1. The van der Waals surface area contributed by atoms with Gasteiger partial charge in [-0.1, -0.05) is 6.07 Å². The van der Waals surface area contributed by atoms with E-state index in [9.17, 15) is 0 Å². The third-order valence-electron chi connectivity index (χ3n) is 2.00. The van der Waals surface area contributed by atoms with E-state index in [1.54, 1.807) is 7.11 Å². The van der Waals surface area contributed by atoms with Crippen molar-refractivity contribution in [2.24, 2.45) is 0 Å². The van der Waals surface area contributed by atoms with E-state index in [1.807, 2.05) is 24.3 Å². The zero-order valence-corrected chi connectivity index (χ0v) is 11.3. The number of nitrogens with zero attached hydrogens (tertiary/aromatic N) is 3. The number of hydrogen-bond donors (Lipinski definition) is 0. The van der Waals surface area contributed by atoms with Crippen LogP contribution in [0.1, 0.15) is 0 Å². The van der Waals surface area contributed by atoms with Crippen molar-refractivity contribution >= 4 is 23.4 Å². The molecule has 0 aliphatic carbocycles. The molecule has 5 nitrogen and oxygen atoms in total. The van der Waals surface area contributed by atoms with Crippen LogP contribution in [-0.4, -0.2) is 29.2 Å². The van der Waals surface area contributed by atoms with Gasteiger partial charge in [0.25, 0.3) is 0 Å². The van der Waals surface area contributed by atoms with Gasteiger partial charge in [0.15, 0.2) is 5.16 Å². The first-order valence-corrected chi connectivity index (χ1v) is 6.18. The fourth-order valence-corrected chi connectivity index (χ4v) is 2.21. The molecular weight excluding hydrogens is 274 g/mol. The molecule has 0 atom stereocenters. The summed E-state index contributed by atoms with van der Waals surface area (Å²) in [6.07, 6.45) is 0. The smallest absolute Gasteiger partial charge is 0.321 e. The van der Waals surface area contributed by atoms with Crippen LogP contribution in [0.2, 0.25) is 5.28 Å². The molecule has 0 spiro atoms. The Hall–Kier alpha value is -1.53. The molecule has 0 radical (unpaired) electrons. The van der Waals surface area contributed by atoms with Gasteiger partial charge in [0, 0.05) is 4.90 Å². The minimum absolute atomic E-state index is 0.104. The fraction of sp³-hybridized carbons (Fsp3) is 0.182. The van der Waals surface area contributed by atoms with E-state index in [1.165, 1.54) is 18.9 Å². The predicted octanol–water partition coefficient (Wildman–Crippen LogP) is 2.69. The lowest BCUT2D eigenvalue weighted by atomic mass is 10.3. The third-order valence-corrected chi connectivity index (χ3v) is 3.02. The van der Waals surface area contributed by atoms with Crippen molar-refractivity contribution in [2.75, 3.05) is 14.2 Å². The maximum atomic E-state index is 5.77. The van der Waals surface area contributed by atoms with Gasteiger partial charge in [-0.3, -0.25) is 0 Å². The minimum Gasteiger partial charge on any atom is -0.497 e. The molecule has 0 N–H and O–H groups in total. The van der Waals surface area contributed by atoms with Crippen molar-refractivity contribution in [1.29, 1.82) is 0 Å². The number of benzene rings is 1. The van der Waals surface area contributed by atoms with Crippen LogP contribution in [0, 0.1) is 0 Å². The van der Waals surface area contributed by atoms with Crippen LogP contribution in [-0.2, 0) is 0 Å². The van der Waals surface area contributed by atoms with Gasteiger partial charge in [0.2, 0.25) is 5.28 Å². The Morgan fingerprint density at radius 3 is 2.67 bits per heavy atom. The van der Waals surface area contributed by atoms with E-state index < -0.39 is 0 Å². The molecule has 18 heavy (non-hydrogen) atoms. The number of aromatic nitrogens is 3. The molecule has 7 heteroatoms. The summed E-state index contributed by atoms with van der Waals surface area (Å²) in [7, 11) is 3.10. The zero-order valence-electron chi connectivity index (χ0n) is 9.75. The summed E-state index contributed by atoms with van der Waals surface area (Å²) in [4.78, 5) is 12.9. The number of methoxy groups -OCH3 is 2. The van der Waals surface area contributed by atoms with Crippen LogP contribution in [0.25, 0.3) is 0 Å². The average Bonchev–Trinajstić information content (AvgIpc) is 2.38. The largest absolute Gasteiger partial charge is 0.497 e. The predicted molar refractivity (Wildman–Crippen MR) is 68.5 cm³/mol. The average molecular weight is 284 g/mol. The molecule has 0 unspecified atom stereocenters. The molecule has 0 amide bonds. The van der Waals surface area contributed by atoms with Crippen LogP contribution < -0.4 is 9.47 Å². The first-order chi connectivity index (χ1) is 8.71. The van der Waals surface area contributed by atoms with Gasteiger partial charge in [0.05, 0.1) is 14.2 Å². The second-order valence-corrected chi connectivity index (χ2v) is 4.53. The van der Waals surface area contributed by atoms with Gasteiger partial charge in [0.1, 0.15) is 5.75 Å². The Morgan fingerprint density at radius 2 is 1.94 bits per heavy atom. The molecule has 0 bridgehead atoms. The Bertz CT molecular complexity index is 554. The van der Waals surface area contributed by atoms with Crippen molar-refractivity contribution in [3.8, 4) is 11.8 Å². The molecule has 0 fully saturated rings. The highest BCUT2D eigenvalue weighted by Crippen LogP contribution is 2.28. The van der Waals surface area contributed by atoms with Crippen molar-refractivity contribution in [1.82, 2.24) is 15.0 Å². The molecule has 0 saturated carbocycles. The molecule has 94 valence electrons. The van der Waals surface area contributed by atoms with Crippen LogP contribution in [0.3, 0.4) is 0 Å². The van der Waals surface area contributed by atoms with E-state index in [-0.39, 0.29) is 11.3 Å². The lowest BCUT2D eigenvalue weighted by Crippen LogP contribution is -1.96. The summed E-state index contributed by atoms with van der Waals surface area (Å²) >= 11 is 7.13. The highest BCUT2D eigenvalue weighted by Gasteiger charge is 2.07. The van der Waals surface area contributed by atoms with Gasteiger partial charge < -0.3 is 9.47 Å². The van der Waals surface area contributed by atoms with Crippen LogP contribution in [0.15, 0.2) is 34.3 Å². The van der Waals surface area contributed by atoms with Gasteiger partial charge in [-0.05, 0) is 41.6 Å². The molecule has 2 rings (SSSR count). The second kappa shape index (κ2) is 5.88. The Kier molecular flexibility index (Phi) is 4.22. The highest BCUT2D eigenvalue weighted by atomic mass is 35.5. The molecule has 1 heterocycles. The Morgan fingerprint density at radius 1 is 1.11 bits per heavy atom. The van der Waals surface area contributed by atoms with Crippen molar-refractivity contribution in [3.63, 3.8) is 0 Å². The molecule has 0 aliphatic heterocycles. The van der Waals surface area contributed by atoms with Crippen LogP contribution in [0.4, 0.5) is 0 Å². The van der Waals surface area contributed by atoms with Gasteiger partial charge in [-0.2, -0.15) is 15.0 Å². The number of rotatable bonds is 4. The summed E-state index contributed by atoms with van der Waals surface area (Å²) in [5.74, 6) is 0.770. The van der Waals surface area contributed by atoms with Crippen LogP contribution >= 0.6 is 23.4 Å². The van der Waals surface area contributed by atoms with E-state index in [0.29, 0.717) is 5.16 Å². The normalized spacial score (nSPS) is 10.2. The number of ether oxygens (including phenoxy) is 2. The molecule has 0 aliphatic rings. The van der Waals surface area contributed by atoms with Gasteiger partial charge in [-0.25, -0.2) is 0 Å². The van der Waals surface area contributed by atoms with Crippen molar-refractivity contribution in [2.45, 2.75) is 10.1 Å². The SMILES string of the molecule is COc1cccc(Sc2nc(Cl)nc(OC)n2)c1. The van der Waals surface area contributed by atoms with E-state index in [4.69, 9.17) is 21.1 Å². The molecule has 2 aromatic rings. The molecule has 1 aromatic heterocycles. The lowest BCUT2D eigenvalue weighted by Gasteiger charge is -2.04. The quantitative estimate of drug-likeness (QED) is 0.860. The zero-order chi connectivity index (χ0) is 13.0. The minimum atomic E-state index is 0.104. The first kappa shape index (κ1) is 12.9. The van der Waals surface area contributed by atoms with Crippen LogP contribution in [0.5, 0.6) is 11.8 Å². The van der Waals surface area contributed by atoms with E-state index in [0.717, 1.165) is 10.6 Å². The number of hydrogen-bond acceptors (Lipinski definition) is 6. The summed E-state index contributed by atoms with van der Waals surface area (Å²) < 4.78 is 10.1. The van der Waals surface area contributed by atoms with Crippen molar-refractivity contribution in [3.05, 3.63) is 29.5 Å². The molecule has 0 saturated heterocycles. The van der Waals surface area contributed by atoms with Gasteiger partial charge >= 0.3 is 6.01 Å². The summed E-state index contributed by atoms with van der Waals surface area (Å²) in [5, 5.41) is 0.576. The molecule has 1 aromatic carbocycles. The van der Waals surface area contributed by atoms with Gasteiger partial charge in [-0.15, -0.1) is 0 Å². The Labute approximate surface area is 114 Å².